The molecule has 6 nitrogen and oxygen atoms in total. The number of carbonyl (C=O) groups excluding carboxylic acids is 1. The molecule has 0 saturated heterocycles. The summed E-state index contributed by atoms with van der Waals surface area (Å²) in [6.07, 6.45) is 1.63. The highest BCUT2D eigenvalue weighted by molar-refractivity contribution is 5.96. The third kappa shape index (κ3) is 1.76. The molecule has 1 N–H and O–H groups in total. The number of amides is 1. The minimum absolute atomic E-state index is 0.186. The molecule has 0 spiro atoms. The molecular weight excluding hydrogens is 268 g/mol. The van der Waals surface area contributed by atoms with E-state index in [0.717, 1.165) is 5.56 Å². The van der Waals surface area contributed by atoms with E-state index in [1.165, 1.54) is 4.52 Å². The Kier molecular flexibility index (Phi) is 2.44. The van der Waals surface area contributed by atoms with Gasteiger partial charge in [-0.05, 0) is 5.56 Å². The third-order valence-corrected chi connectivity index (χ3v) is 3.69. The fraction of sp³-hybridized carbons (Fsp3) is 0.133. The second-order valence-corrected chi connectivity index (χ2v) is 5.05. The van der Waals surface area contributed by atoms with Crippen LogP contribution >= 0.6 is 0 Å². The van der Waals surface area contributed by atoms with Gasteiger partial charge in [-0.2, -0.15) is 0 Å². The van der Waals surface area contributed by atoms with Crippen LogP contribution in [0.2, 0.25) is 0 Å². The predicted octanol–water partition coefficient (Wildman–Crippen LogP) is 1.18. The van der Waals surface area contributed by atoms with Crippen molar-refractivity contribution < 1.29 is 4.79 Å². The van der Waals surface area contributed by atoms with Crippen molar-refractivity contribution >= 4 is 11.6 Å². The van der Waals surface area contributed by atoms with Crippen LogP contribution in [0, 0.1) is 0 Å². The Bertz CT molecular complexity index is 895. The largest absolute Gasteiger partial charge is 0.328 e. The lowest BCUT2D eigenvalue weighted by molar-refractivity contribution is 0.0762. The molecule has 0 unspecified atom stereocenters. The lowest BCUT2D eigenvalue weighted by Gasteiger charge is -2.14. The molecule has 21 heavy (non-hydrogen) atoms. The summed E-state index contributed by atoms with van der Waals surface area (Å²) in [6, 6.07) is 11.4. The lowest BCUT2D eigenvalue weighted by Crippen LogP contribution is -2.23. The predicted molar refractivity (Wildman–Crippen MR) is 75.8 cm³/mol. The summed E-state index contributed by atoms with van der Waals surface area (Å²) in [5.41, 5.74) is 2.02. The standard InChI is InChI=1S/C15H12N4O2/c20-14-11-9-18(8-10-4-2-1-3-5-10)15(21)13(11)17-12-6-7-16-19(12)14/h1-7,16H,8-9H2. The summed E-state index contributed by atoms with van der Waals surface area (Å²) in [7, 11) is 0. The topological polar surface area (TPSA) is 70.5 Å². The van der Waals surface area contributed by atoms with Crippen molar-refractivity contribution in [3.05, 3.63) is 69.8 Å². The number of rotatable bonds is 2. The first-order chi connectivity index (χ1) is 10.2. The van der Waals surface area contributed by atoms with Crippen LogP contribution in [0.15, 0.2) is 47.4 Å². The average molecular weight is 280 g/mol. The van der Waals surface area contributed by atoms with E-state index in [2.05, 4.69) is 10.1 Å². The molecule has 0 radical (unpaired) electrons. The molecule has 1 amide bonds. The first-order valence-electron chi connectivity index (χ1n) is 6.66. The minimum Gasteiger partial charge on any atom is -0.328 e. The van der Waals surface area contributed by atoms with Crippen LogP contribution in [-0.4, -0.2) is 25.4 Å². The van der Waals surface area contributed by atoms with E-state index >= 15 is 0 Å². The molecule has 1 aliphatic heterocycles. The van der Waals surface area contributed by atoms with Crippen molar-refractivity contribution in [2.75, 3.05) is 0 Å². The Labute approximate surface area is 119 Å². The van der Waals surface area contributed by atoms with Crippen LogP contribution in [-0.2, 0) is 13.1 Å². The summed E-state index contributed by atoms with van der Waals surface area (Å²) in [5.74, 6) is -0.186. The zero-order valence-electron chi connectivity index (χ0n) is 11.1. The van der Waals surface area contributed by atoms with Crippen molar-refractivity contribution in [1.29, 1.82) is 0 Å². The van der Waals surface area contributed by atoms with Crippen molar-refractivity contribution in [2.24, 2.45) is 0 Å². The van der Waals surface area contributed by atoms with Gasteiger partial charge in [0.25, 0.3) is 11.5 Å². The third-order valence-electron chi connectivity index (χ3n) is 3.69. The van der Waals surface area contributed by atoms with Crippen molar-refractivity contribution in [3.8, 4) is 0 Å². The first-order valence-corrected chi connectivity index (χ1v) is 6.66. The maximum Gasteiger partial charge on any atom is 0.278 e. The molecule has 2 aromatic heterocycles. The molecule has 3 aromatic rings. The number of nitrogens with one attached hydrogen (secondary N) is 1. The van der Waals surface area contributed by atoms with Gasteiger partial charge in [-0.1, -0.05) is 30.3 Å². The molecule has 104 valence electrons. The highest BCUT2D eigenvalue weighted by Crippen LogP contribution is 2.20. The van der Waals surface area contributed by atoms with Gasteiger partial charge in [0.1, 0.15) is 5.69 Å². The summed E-state index contributed by atoms with van der Waals surface area (Å²) < 4.78 is 1.36. The second-order valence-electron chi connectivity index (χ2n) is 5.05. The fourth-order valence-corrected chi connectivity index (χ4v) is 2.66. The van der Waals surface area contributed by atoms with E-state index in [-0.39, 0.29) is 17.2 Å². The van der Waals surface area contributed by atoms with Gasteiger partial charge < -0.3 is 4.90 Å². The summed E-state index contributed by atoms with van der Waals surface area (Å²) in [5, 5.41) is 2.81. The summed E-state index contributed by atoms with van der Waals surface area (Å²) >= 11 is 0. The number of carbonyl (C=O) groups is 1. The number of aromatic nitrogens is 3. The maximum atomic E-state index is 12.4. The van der Waals surface area contributed by atoms with Gasteiger partial charge >= 0.3 is 0 Å². The molecule has 4 rings (SSSR count). The van der Waals surface area contributed by atoms with Crippen LogP contribution in [0.4, 0.5) is 0 Å². The number of hydrogen-bond donors (Lipinski definition) is 1. The molecule has 0 bridgehead atoms. The summed E-state index contributed by atoms with van der Waals surface area (Å²) in [6.45, 7) is 0.783. The zero-order chi connectivity index (χ0) is 14.4. The van der Waals surface area contributed by atoms with Crippen LogP contribution in [0.5, 0.6) is 0 Å². The highest BCUT2D eigenvalue weighted by atomic mass is 16.2. The molecule has 1 aliphatic rings. The molecule has 0 saturated carbocycles. The van der Waals surface area contributed by atoms with E-state index in [9.17, 15) is 9.59 Å². The SMILES string of the molecule is O=C1c2nc3cc[nH]n3c(=O)c2CN1Cc1ccccc1. The van der Waals surface area contributed by atoms with Crippen molar-refractivity contribution in [1.82, 2.24) is 19.5 Å². The van der Waals surface area contributed by atoms with E-state index in [1.807, 2.05) is 30.3 Å². The monoisotopic (exact) mass is 280 g/mol. The number of hydrogen-bond acceptors (Lipinski definition) is 3. The van der Waals surface area contributed by atoms with E-state index in [4.69, 9.17) is 0 Å². The number of benzene rings is 1. The number of fused-ring (bicyclic) bond motifs is 2. The normalized spacial score (nSPS) is 13.9. The molecule has 0 fully saturated rings. The molecule has 6 heteroatoms. The van der Waals surface area contributed by atoms with Crippen LogP contribution in [0.25, 0.3) is 5.65 Å². The van der Waals surface area contributed by atoms with Gasteiger partial charge in [-0.3, -0.25) is 14.7 Å². The number of nitrogens with zero attached hydrogens (tertiary/aromatic N) is 3. The van der Waals surface area contributed by atoms with E-state index < -0.39 is 0 Å². The number of H-pyrrole nitrogens is 1. The second kappa shape index (κ2) is 4.31. The highest BCUT2D eigenvalue weighted by Gasteiger charge is 2.32. The molecular formula is C15H12N4O2. The van der Waals surface area contributed by atoms with E-state index in [0.29, 0.717) is 24.3 Å². The Morgan fingerprint density at radius 1 is 1.14 bits per heavy atom. The van der Waals surface area contributed by atoms with Crippen LogP contribution in [0.1, 0.15) is 21.6 Å². The first kappa shape index (κ1) is 11.9. The van der Waals surface area contributed by atoms with Gasteiger partial charge in [-0.25, -0.2) is 9.50 Å². The Balaban J connectivity index is 1.75. The lowest BCUT2D eigenvalue weighted by atomic mass is 10.2. The van der Waals surface area contributed by atoms with Gasteiger partial charge in [-0.15, -0.1) is 0 Å². The summed E-state index contributed by atoms with van der Waals surface area (Å²) in [4.78, 5) is 30.7. The zero-order valence-corrected chi connectivity index (χ0v) is 11.1. The maximum absolute atomic E-state index is 12.4. The minimum atomic E-state index is -0.205. The quantitative estimate of drug-likeness (QED) is 0.766. The van der Waals surface area contributed by atoms with Gasteiger partial charge in [0.2, 0.25) is 0 Å². The van der Waals surface area contributed by atoms with Crippen LogP contribution < -0.4 is 5.56 Å². The molecule has 3 heterocycles. The molecule has 1 aromatic carbocycles. The Morgan fingerprint density at radius 2 is 1.95 bits per heavy atom. The Hall–Kier alpha value is -2.89. The molecule has 0 atom stereocenters. The fourth-order valence-electron chi connectivity index (χ4n) is 2.66. The molecule has 0 aliphatic carbocycles. The van der Waals surface area contributed by atoms with Gasteiger partial charge in [0.05, 0.1) is 12.1 Å². The van der Waals surface area contributed by atoms with Crippen molar-refractivity contribution in [2.45, 2.75) is 13.1 Å². The van der Waals surface area contributed by atoms with E-state index in [1.54, 1.807) is 17.2 Å². The smallest absolute Gasteiger partial charge is 0.278 e. The Morgan fingerprint density at radius 3 is 2.76 bits per heavy atom. The van der Waals surface area contributed by atoms with Crippen LogP contribution in [0.3, 0.4) is 0 Å². The number of aromatic amines is 1. The van der Waals surface area contributed by atoms with Gasteiger partial charge in [0, 0.05) is 18.8 Å². The van der Waals surface area contributed by atoms with Gasteiger partial charge in [0.15, 0.2) is 5.65 Å². The van der Waals surface area contributed by atoms with Crippen molar-refractivity contribution in [3.63, 3.8) is 0 Å². The average Bonchev–Trinajstić information content (AvgIpc) is 3.08.